The second kappa shape index (κ2) is 6.12. The molecule has 0 aliphatic rings. The molecule has 0 fully saturated rings. The van der Waals surface area contributed by atoms with Crippen molar-refractivity contribution in [2.24, 2.45) is 7.05 Å². The average molecular weight is 341 g/mol. The van der Waals surface area contributed by atoms with Gasteiger partial charge in [-0.05, 0) is 36.8 Å². The molecule has 4 heteroatoms. The monoisotopic (exact) mass is 340 g/mol. The zero-order chi connectivity index (χ0) is 16.6. The number of para-hydroxylation sites is 1. The van der Waals surface area contributed by atoms with Crippen molar-refractivity contribution in [1.29, 1.82) is 5.26 Å². The summed E-state index contributed by atoms with van der Waals surface area (Å²) in [5, 5.41) is 11.6. The zero-order valence-electron chi connectivity index (χ0n) is 12.8. The minimum Gasteiger partial charge on any atom is -0.347 e. The van der Waals surface area contributed by atoms with Gasteiger partial charge in [0.25, 0.3) is 0 Å². The van der Waals surface area contributed by atoms with Gasteiger partial charge in [-0.1, -0.05) is 47.5 Å². The Morgan fingerprint density at radius 2 is 1.87 bits per heavy atom. The van der Waals surface area contributed by atoms with Crippen LogP contribution in [0.25, 0.3) is 22.6 Å². The van der Waals surface area contributed by atoms with E-state index in [1.54, 1.807) is 12.1 Å². The van der Waals surface area contributed by atoms with E-state index in [1.165, 1.54) is 0 Å². The van der Waals surface area contributed by atoms with Gasteiger partial charge in [0.2, 0.25) is 0 Å². The summed E-state index contributed by atoms with van der Waals surface area (Å²) in [6.45, 7) is 2.05. The summed E-state index contributed by atoms with van der Waals surface area (Å²) in [6, 6.07) is 15.7. The van der Waals surface area contributed by atoms with E-state index in [9.17, 15) is 5.26 Å². The molecular formula is C19H14Cl2N2. The third kappa shape index (κ3) is 2.74. The summed E-state index contributed by atoms with van der Waals surface area (Å²) in [4.78, 5) is 0. The van der Waals surface area contributed by atoms with Crippen LogP contribution in [0.15, 0.2) is 42.5 Å². The van der Waals surface area contributed by atoms with Crippen molar-refractivity contribution in [2.45, 2.75) is 6.92 Å². The molecule has 0 amide bonds. The molecule has 0 saturated carbocycles. The van der Waals surface area contributed by atoms with E-state index in [4.69, 9.17) is 23.2 Å². The molecule has 3 rings (SSSR count). The van der Waals surface area contributed by atoms with Crippen LogP contribution < -0.4 is 0 Å². The molecule has 0 spiro atoms. The van der Waals surface area contributed by atoms with Crippen LogP contribution in [-0.4, -0.2) is 4.57 Å². The first-order chi connectivity index (χ1) is 11.0. The van der Waals surface area contributed by atoms with Gasteiger partial charge in [-0.25, -0.2) is 0 Å². The highest BCUT2D eigenvalue weighted by Gasteiger charge is 2.12. The molecule has 0 radical (unpaired) electrons. The standard InChI is InChI=1S/C19H14Cl2N2/c1-12-16(15-5-3-4-6-19(15)23(12)2)9-14(11-22)13-7-8-17(20)18(21)10-13/h3-10H,1-2H3/b14-9+. The van der Waals surface area contributed by atoms with Crippen molar-refractivity contribution in [3.8, 4) is 6.07 Å². The Hall–Kier alpha value is -2.21. The van der Waals surface area contributed by atoms with Gasteiger partial charge >= 0.3 is 0 Å². The van der Waals surface area contributed by atoms with Gasteiger partial charge < -0.3 is 4.57 Å². The number of aryl methyl sites for hydroxylation is 1. The summed E-state index contributed by atoms with van der Waals surface area (Å²) in [7, 11) is 2.03. The topological polar surface area (TPSA) is 28.7 Å². The maximum absolute atomic E-state index is 9.57. The molecule has 0 aliphatic carbocycles. The molecule has 0 aliphatic heterocycles. The number of fused-ring (bicyclic) bond motifs is 1. The number of benzene rings is 2. The lowest BCUT2D eigenvalue weighted by Crippen LogP contribution is -1.90. The molecule has 1 heterocycles. The number of allylic oxidation sites excluding steroid dienone is 1. The van der Waals surface area contributed by atoms with Crippen LogP contribution >= 0.6 is 23.2 Å². The van der Waals surface area contributed by atoms with Crippen LogP contribution in [0.5, 0.6) is 0 Å². The van der Waals surface area contributed by atoms with E-state index in [0.717, 1.165) is 27.7 Å². The fraction of sp³-hybridized carbons (Fsp3) is 0.105. The van der Waals surface area contributed by atoms with Crippen molar-refractivity contribution < 1.29 is 0 Å². The maximum Gasteiger partial charge on any atom is 0.0998 e. The minimum absolute atomic E-state index is 0.444. The molecule has 0 bridgehead atoms. The summed E-state index contributed by atoms with van der Waals surface area (Å²) in [5.41, 5.74) is 4.62. The predicted octanol–water partition coefficient (Wildman–Crippen LogP) is 5.86. The van der Waals surface area contributed by atoms with E-state index >= 15 is 0 Å². The predicted molar refractivity (Wildman–Crippen MR) is 97.6 cm³/mol. The number of hydrogen-bond acceptors (Lipinski definition) is 1. The first kappa shape index (κ1) is 15.7. The lowest BCUT2D eigenvalue weighted by Gasteiger charge is -2.03. The van der Waals surface area contributed by atoms with Crippen molar-refractivity contribution >= 4 is 45.8 Å². The zero-order valence-corrected chi connectivity index (χ0v) is 14.3. The quantitative estimate of drug-likeness (QED) is 0.537. The summed E-state index contributed by atoms with van der Waals surface area (Å²) in [5.74, 6) is 0. The SMILES string of the molecule is Cc1c(/C=C(\C#N)c2ccc(Cl)c(Cl)c2)c2ccccc2n1C. The van der Waals surface area contributed by atoms with Gasteiger partial charge in [0.05, 0.1) is 21.7 Å². The Kier molecular flexibility index (Phi) is 4.17. The van der Waals surface area contributed by atoms with Gasteiger partial charge in [0, 0.05) is 29.2 Å². The highest BCUT2D eigenvalue weighted by Crippen LogP contribution is 2.31. The Bertz CT molecular complexity index is 975. The Morgan fingerprint density at radius 3 is 2.57 bits per heavy atom. The van der Waals surface area contributed by atoms with Crippen LogP contribution in [0.4, 0.5) is 0 Å². The summed E-state index contributed by atoms with van der Waals surface area (Å²) in [6.07, 6.45) is 1.91. The second-order valence-corrected chi connectivity index (χ2v) is 6.19. The molecule has 0 saturated heterocycles. The molecule has 1 aromatic heterocycles. The van der Waals surface area contributed by atoms with Gasteiger partial charge in [0.1, 0.15) is 0 Å². The van der Waals surface area contributed by atoms with E-state index in [0.29, 0.717) is 15.6 Å². The lowest BCUT2D eigenvalue weighted by atomic mass is 10.0. The Morgan fingerprint density at radius 1 is 1.13 bits per heavy atom. The number of aromatic nitrogens is 1. The Balaban J connectivity index is 2.22. The fourth-order valence-corrected chi connectivity index (χ4v) is 3.02. The first-order valence-electron chi connectivity index (χ1n) is 7.14. The van der Waals surface area contributed by atoms with E-state index in [2.05, 4.69) is 29.7 Å². The number of halogens is 2. The molecule has 0 N–H and O–H groups in total. The molecule has 2 nitrogen and oxygen atoms in total. The minimum atomic E-state index is 0.444. The molecule has 0 atom stereocenters. The van der Waals surface area contributed by atoms with Crippen LogP contribution in [0.1, 0.15) is 16.8 Å². The summed E-state index contributed by atoms with van der Waals surface area (Å²) >= 11 is 12.0. The second-order valence-electron chi connectivity index (χ2n) is 5.37. The van der Waals surface area contributed by atoms with Crippen LogP contribution in [0.2, 0.25) is 10.0 Å². The van der Waals surface area contributed by atoms with Crippen molar-refractivity contribution in [2.75, 3.05) is 0 Å². The number of nitriles is 1. The fourth-order valence-electron chi connectivity index (χ4n) is 2.72. The highest BCUT2D eigenvalue weighted by molar-refractivity contribution is 6.42. The van der Waals surface area contributed by atoms with Gasteiger partial charge in [0.15, 0.2) is 0 Å². The average Bonchev–Trinajstić information content (AvgIpc) is 2.80. The Labute approximate surface area is 145 Å². The molecule has 114 valence electrons. The number of nitrogens with zero attached hydrogens (tertiary/aromatic N) is 2. The molecule has 2 aromatic carbocycles. The van der Waals surface area contributed by atoms with E-state index < -0.39 is 0 Å². The molecule has 3 aromatic rings. The lowest BCUT2D eigenvalue weighted by molar-refractivity contribution is 0.916. The van der Waals surface area contributed by atoms with E-state index in [-0.39, 0.29) is 0 Å². The highest BCUT2D eigenvalue weighted by atomic mass is 35.5. The third-order valence-corrected chi connectivity index (χ3v) is 4.83. The van der Waals surface area contributed by atoms with Crippen LogP contribution in [0.3, 0.4) is 0 Å². The number of hydrogen-bond donors (Lipinski definition) is 0. The smallest absolute Gasteiger partial charge is 0.0998 e. The summed E-state index contributed by atoms with van der Waals surface area (Å²) < 4.78 is 2.13. The molecule has 23 heavy (non-hydrogen) atoms. The van der Waals surface area contributed by atoms with Gasteiger partial charge in [-0.3, -0.25) is 0 Å². The van der Waals surface area contributed by atoms with Crippen molar-refractivity contribution in [3.05, 3.63) is 69.3 Å². The molecular weight excluding hydrogens is 327 g/mol. The van der Waals surface area contributed by atoms with Gasteiger partial charge in [-0.2, -0.15) is 5.26 Å². The maximum atomic E-state index is 9.57. The van der Waals surface area contributed by atoms with Crippen LogP contribution in [-0.2, 0) is 7.05 Å². The third-order valence-electron chi connectivity index (χ3n) is 4.09. The van der Waals surface area contributed by atoms with Gasteiger partial charge in [-0.15, -0.1) is 0 Å². The molecule has 0 unspecified atom stereocenters. The van der Waals surface area contributed by atoms with Crippen LogP contribution in [0, 0.1) is 18.3 Å². The first-order valence-corrected chi connectivity index (χ1v) is 7.89. The number of rotatable bonds is 2. The van der Waals surface area contributed by atoms with Crippen molar-refractivity contribution in [3.63, 3.8) is 0 Å². The largest absolute Gasteiger partial charge is 0.347 e. The van der Waals surface area contributed by atoms with Crippen molar-refractivity contribution in [1.82, 2.24) is 4.57 Å². The van der Waals surface area contributed by atoms with E-state index in [1.807, 2.05) is 31.3 Å². The normalized spacial score (nSPS) is 11.7.